The minimum atomic E-state index is -0.210. The first-order chi connectivity index (χ1) is 9.20. The van der Waals surface area contributed by atoms with Crippen molar-refractivity contribution < 1.29 is 4.39 Å². The highest BCUT2D eigenvalue weighted by molar-refractivity contribution is 5.19. The Bertz CT molecular complexity index is 506. The predicted octanol–water partition coefficient (Wildman–Crippen LogP) is 2.68. The van der Waals surface area contributed by atoms with Crippen LogP contribution in [-0.4, -0.2) is 14.8 Å². The SMILES string of the molecule is CCCn1ncnc1CNC(C)c1ccc(F)cc1. The topological polar surface area (TPSA) is 42.7 Å². The molecule has 0 aliphatic heterocycles. The molecule has 0 amide bonds. The zero-order valence-electron chi connectivity index (χ0n) is 11.3. The van der Waals surface area contributed by atoms with E-state index in [-0.39, 0.29) is 11.9 Å². The third-order valence-corrected chi connectivity index (χ3v) is 3.07. The van der Waals surface area contributed by atoms with Crippen molar-refractivity contribution in [3.8, 4) is 0 Å². The van der Waals surface area contributed by atoms with Crippen LogP contribution < -0.4 is 5.32 Å². The largest absolute Gasteiger partial charge is 0.303 e. The maximum Gasteiger partial charge on any atom is 0.140 e. The van der Waals surface area contributed by atoms with E-state index >= 15 is 0 Å². The van der Waals surface area contributed by atoms with Crippen LogP contribution in [0.2, 0.25) is 0 Å². The van der Waals surface area contributed by atoms with Gasteiger partial charge in [0.1, 0.15) is 18.0 Å². The Morgan fingerprint density at radius 3 is 2.74 bits per heavy atom. The lowest BCUT2D eigenvalue weighted by molar-refractivity contribution is 0.509. The summed E-state index contributed by atoms with van der Waals surface area (Å²) in [7, 11) is 0. The van der Waals surface area contributed by atoms with Crippen LogP contribution in [0.4, 0.5) is 4.39 Å². The molecule has 1 unspecified atom stereocenters. The molecule has 2 aromatic rings. The maximum absolute atomic E-state index is 12.9. The van der Waals surface area contributed by atoms with Crippen LogP contribution in [0.5, 0.6) is 0 Å². The third-order valence-electron chi connectivity index (χ3n) is 3.07. The zero-order chi connectivity index (χ0) is 13.7. The Morgan fingerprint density at radius 2 is 2.05 bits per heavy atom. The molecule has 0 saturated carbocycles. The van der Waals surface area contributed by atoms with Gasteiger partial charge in [-0.15, -0.1) is 0 Å². The second-order valence-electron chi connectivity index (χ2n) is 4.55. The summed E-state index contributed by atoms with van der Waals surface area (Å²) in [6.45, 7) is 5.69. The Labute approximate surface area is 112 Å². The fourth-order valence-electron chi connectivity index (χ4n) is 1.94. The normalized spacial score (nSPS) is 12.6. The van der Waals surface area contributed by atoms with Crippen molar-refractivity contribution in [2.45, 2.75) is 39.4 Å². The number of benzene rings is 1. The fraction of sp³-hybridized carbons (Fsp3) is 0.429. The molecule has 5 heteroatoms. The van der Waals surface area contributed by atoms with Gasteiger partial charge in [-0.1, -0.05) is 19.1 Å². The van der Waals surface area contributed by atoms with Crippen molar-refractivity contribution in [1.82, 2.24) is 20.1 Å². The van der Waals surface area contributed by atoms with E-state index in [0.29, 0.717) is 6.54 Å². The van der Waals surface area contributed by atoms with Gasteiger partial charge in [-0.2, -0.15) is 5.10 Å². The Hall–Kier alpha value is -1.75. The molecule has 0 radical (unpaired) electrons. The lowest BCUT2D eigenvalue weighted by atomic mass is 10.1. The standard InChI is InChI=1S/C14H19FN4/c1-3-8-19-14(17-10-18-19)9-16-11(2)12-4-6-13(15)7-5-12/h4-7,10-11,16H,3,8-9H2,1-2H3. The highest BCUT2D eigenvalue weighted by Crippen LogP contribution is 2.13. The number of aryl methyl sites for hydroxylation is 1. The van der Waals surface area contributed by atoms with Crippen molar-refractivity contribution in [2.24, 2.45) is 0 Å². The molecule has 102 valence electrons. The molecule has 0 saturated heterocycles. The molecule has 1 atom stereocenters. The van der Waals surface area contributed by atoms with Gasteiger partial charge in [0.05, 0.1) is 6.54 Å². The average molecular weight is 262 g/mol. The second-order valence-corrected chi connectivity index (χ2v) is 4.55. The lowest BCUT2D eigenvalue weighted by Crippen LogP contribution is -2.21. The summed E-state index contributed by atoms with van der Waals surface area (Å²) in [5.74, 6) is 0.717. The first-order valence-corrected chi connectivity index (χ1v) is 6.56. The monoisotopic (exact) mass is 262 g/mol. The quantitative estimate of drug-likeness (QED) is 0.870. The van der Waals surface area contributed by atoms with Crippen molar-refractivity contribution in [3.63, 3.8) is 0 Å². The van der Waals surface area contributed by atoms with Crippen molar-refractivity contribution >= 4 is 0 Å². The number of hydrogen-bond acceptors (Lipinski definition) is 3. The molecule has 1 N–H and O–H groups in total. The van der Waals surface area contributed by atoms with Crippen LogP contribution in [0.15, 0.2) is 30.6 Å². The van der Waals surface area contributed by atoms with E-state index in [0.717, 1.165) is 24.4 Å². The molecule has 0 aliphatic carbocycles. The van der Waals surface area contributed by atoms with Crippen LogP contribution >= 0.6 is 0 Å². The van der Waals surface area contributed by atoms with Crippen LogP contribution in [0, 0.1) is 5.82 Å². The van der Waals surface area contributed by atoms with Gasteiger partial charge >= 0.3 is 0 Å². The molecule has 19 heavy (non-hydrogen) atoms. The van der Waals surface area contributed by atoms with E-state index in [1.165, 1.54) is 12.1 Å². The molecule has 0 aliphatic rings. The fourth-order valence-corrected chi connectivity index (χ4v) is 1.94. The van der Waals surface area contributed by atoms with E-state index in [2.05, 4.69) is 22.3 Å². The zero-order valence-corrected chi connectivity index (χ0v) is 11.3. The summed E-state index contributed by atoms with van der Waals surface area (Å²) < 4.78 is 14.8. The number of hydrogen-bond donors (Lipinski definition) is 1. The van der Waals surface area contributed by atoms with E-state index < -0.39 is 0 Å². The number of nitrogens with zero attached hydrogens (tertiary/aromatic N) is 3. The van der Waals surface area contributed by atoms with E-state index in [1.807, 2.05) is 11.6 Å². The van der Waals surface area contributed by atoms with Gasteiger partial charge in [0.25, 0.3) is 0 Å². The van der Waals surface area contributed by atoms with Crippen molar-refractivity contribution in [3.05, 3.63) is 47.8 Å². The molecule has 0 spiro atoms. The number of nitrogens with one attached hydrogen (secondary N) is 1. The summed E-state index contributed by atoms with van der Waals surface area (Å²) in [4.78, 5) is 4.24. The van der Waals surface area contributed by atoms with E-state index in [1.54, 1.807) is 18.5 Å². The molecule has 4 nitrogen and oxygen atoms in total. The molecule has 0 fully saturated rings. The average Bonchev–Trinajstić information content (AvgIpc) is 2.85. The van der Waals surface area contributed by atoms with Gasteiger partial charge in [0.2, 0.25) is 0 Å². The van der Waals surface area contributed by atoms with Gasteiger partial charge in [-0.3, -0.25) is 0 Å². The Balaban J connectivity index is 1.94. The summed E-state index contributed by atoms with van der Waals surface area (Å²) in [6.07, 6.45) is 2.61. The first kappa shape index (κ1) is 13.7. The maximum atomic E-state index is 12.9. The van der Waals surface area contributed by atoms with Gasteiger partial charge in [-0.05, 0) is 31.0 Å². The molecule has 1 aromatic heterocycles. The Kier molecular flexibility index (Phi) is 4.63. The molecule has 2 rings (SSSR count). The summed E-state index contributed by atoms with van der Waals surface area (Å²) in [5.41, 5.74) is 1.06. The number of rotatable bonds is 6. The molecule has 1 heterocycles. The van der Waals surface area contributed by atoms with Gasteiger partial charge < -0.3 is 5.32 Å². The highest BCUT2D eigenvalue weighted by Gasteiger charge is 2.08. The van der Waals surface area contributed by atoms with E-state index in [4.69, 9.17) is 0 Å². The molecular weight excluding hydrogens is 243 g/mol. The number of aromatic nitrogens is 3. The minimum absolute atomic E-state index is 0.146. The van der Waals surface area contributed by atoms with Crippen LogP contribution in [0.3, 0.4) is 0 Å². The van der Waals surface area contributed by atoms with Gasteiger partial charge in [0.15, 0.2) is 0 Å². The summed E-state index contributed by atoms with van der Waals surface area (Å²) >= 11 is 0. The van der Waals surface area contributed by atoms with Gasteiger partial charge in [-0.25, -0.2) is 14.1 Å². The predicted molar refractivity (Wildman–Crippen MR) is 72.0 cm³/mol. The van der Waals surface area contributed by atoms with Crippen LogP contribution in [0.1, 0.15) is 37.7 Å². The summed E-state index contributed by atoms with van der Waals surface area (Å²) in [5, 5.41) is 7.56. The molecular formula is C14H19FN4. The highest BCUT2D eigenvalue weighted by atomic mass is 19.1. The van der Waals surface area contributed by atoms with Gasteiger partial charge in [0, 0.05) is 12.6 Å². The third kappa shape index (κ3) is 3.61. The molecule has 1 aromatic carbocycles. The summed E-state index contributed by atoms with van der Waals surface area (Å²) in [6, 6.07) is 6.70. The second kappa shape index (κ2) is 6.43. The van der Waals surface area contributed by atoms with Crippen molar-refractivity contribution in [2.75, 3.05) is 0 Å². The molecule has 0 bridgehead atoms. The Morgan fingerprint density at radius 1 is 1.32 bits per heavy atom. The van der Waals surface area contributed by atoms with Crippen LogP contribution in [-0.2, 0) is 13.1 Å². The first-order valence-electron chi connectivity index (χ1n) is 6.56. The van der Waals surface area contributed by atoms with Crippen molar-refractivity contribution in [1.29, 1.82) is 0 Å². The smallest absolute Gasteiger partial charge is 0.140 e. The van der Waals surface area contributed by atoms with E-state index in [9.17, 15) is 4.39 Å². The lowest BCUT2D eigenvalue weighted by Gasteiger charge is -2.14. The minimum Gasteiger partial charge on any atom is -0.303 e. The van der Waals surface area contributed by atoms with Crippen LogP contribution in [0.25, 0.3) is 0 Å². The number of halogens is 1.